The lowest BCUT2D eigenvalue weighted by Crippen LogP contribution is -2.44. The zero-order valence-electron chi connectivity index (χ0n) is 14.0. The Balaban J connectivity index is 1.78. The molecule has 0 radical (unpaired) electrons. The molecule has 1 fully saturated rings. The zero-order chi connectivity index (χ0) is 16.7. The second-order valence-electron chi connectivity index (χ2n) is 5.93. The molecule has 0 bridgehead atoms. The summed E-state index contributed by atoms with van der Waals surface area (Å²) in [6, 6.07) is 0.319. The number of aromatic nitrogens is 2. The molecule has 0 spiro atoms. The molecular weight excluding hydrogens is 332 g/mol. The molecule has 8 heteroatoms. The highest BCUT2D eigenvalue weighted by Crippen LogP contribution is 2.29. The number of hydrogen-bond donors (Lipinski definition) is 2. The third kappa shape index (κ3) is 5.93. The van der Waals surface area contributed by atoms with Crippen LogP contribution in [0, 0.1) is 5.92 Å². The van der Waals surface area contributed by atoms with E-state index in [0.717, 1.165) is 15.9 Å². The minimum absolute atomic E-state index is 0.0952. The van der Waals surface area contributed by atoms with Crippen molar-refractivity contribution in [3.8, 4) is 0 Å². The van der Waals surface area contributed by atoms with Gasteiger partial charge in [0.25, 0.3) is 0 Å². The standard InChI is InChI=1S/C15H26N4O2S2/c1-10-6-4-5-7-12(10)17-13(20)11(2)22-15-19-18-14(23-15)16-8-9-21-3/h10-12H,4-9H2,1-3H3,(H,16,18)(H,17,20). The van der Waals surface area contributed by atoms with Crippen LogP contribution in [0.4, 0.5) is 5.13 Å². The number of carbonyl (C=O) groups is 1. The summed E-state index contributed by atoms with van der Waals surface area (Å²) in [5.41, 5.74) is 0. The Hall–Kier alpha value is -0.860. The van der Waals surface area contributed by atoms with Crippen LogP contribution in [-0.2, 0) is 9.53 Å². The summed E-state index contributed by atoms with van der Waals surface area (Å²) >= 11 is 2.93. The summed E-state index contributed by atoms with van der Waals surface area (Å²) in [5, 5.41) is 15.2. The summed E-state index contributed by atoms with van der Waals surface area (Å²) in [6.45, 7) is 5.48. The molecule has 1 aliphatic carbocycles. The largest absolute Gasteiger partial charge is 0.383 e. The average Bonchev–Trinajstić information content (AvgIpc) is 2.97. The van der Waals surface area contributed by atoms with Crippen LogP contribution in [0.2, 0.25) is 0 Å². The number of carbonyl (C=O) groups excluding carboxylic acids is 1. The quantitative estimate of drug-likeness (QED) is 0.550. The van der Waals surface area contributed by atoms with Crippen molar-refractivity contribution in [1.29, 1.82) is 0 Å². The summed E-state index contributed by atoms with van der Waals surface area (Å²) in [6.07, 6.45) is 4.79. The fourth-order valence-corrected chi connectivity index (χ4v) is 4.56. The lowest BCUT2D eigenvalue weighted by atomic mass is 9.86. The van der Waals surface area contributed by atoms with Gasteiger partial charge in [0, 0.05) is 19.7 Å². The SMILES string of the molecule is COCCNc1nnc(SC(C)C(=O)NC2CCCCC2C)s1. The van der Waals surface area contributed by atoms with Gasteiger partial charge >= 0.3 is 0 Å². The molecule has 1 aliphatic rings. The third-order valence-corrected chi connectivity index (χ3v) is 6.14. The maximum Gasteiger partial charge on any atom is 0.233 e. The van der Waals surface area contributed by atoms with Crippen molar-refractivity contribution in [2.24, 2.45) is 5.92 Å². The van der Waals surface area contributed by atoms with Gasteiger partial charge in [-0.3, -0.25) is 4.79 Å². The van der Waals surface area contributed by atoms with E-state index in [4.69, 9.17) is 4.74 Å². The Bertz CT molecular complexity index is 498. The average molecular weight is 359 g/mol. The van der Waals surface area contributed by atoms with E-state index < -0.39 is 0 Å². The fourth-order valence-electron chi connectivity index (χ4n) is 2.62. The molecule has 130 valence electrons. The molecule has 1 saturated carbocycles. The van der Waals surface area contributed by atoms with Crippen molar-refractivity contribution in [1.82, 2.24) is 15.5 Å². The number of methoxy groups -OCH3 is 1. The van der Waals surface area contributed by atoms with Crippen LogP contribution in [-0.4, -0.2) is 47.7 Å². The van der Waals surface area contributed by atoms with E-state index in [0.29, 0.717) is 25.1 Å². The first-order valence-corrected chi connectivity index (χ1v) is 9.83. The number of nitrogens with one attached hydrogen (secondary N) is 2. The van der Waals surface area contributed by atoms with E-state index >= 15 is 0 Å². The fraction of sp³-hybridized carbons (Fsp3) is 0.800. The number of ether oxygens (including phenoxy) is 1. The normalized spacial score (nSPS) is 22.6. The molecule has 0 aliphatic heterocycles. The number of anilines is 1. The summed E-state index contributed by atoms with van der Waals surface area (Å²) < 4.78 is 5.79. The van der Waals surface area contributed by atoms with E-state index in [1.54, 1.807) is 7.11 Å². The first-order valence-electron chi connectivity index (χ1n) is 8.13. The van der Waals surface area contributed by atoms with E-state index in [1.807, 2.05) is 6.92 Å². The molecule has 1 aromatic rings. The Morgan fingerprint density at radius 2 is 2.22 bits per heavy atom. The number of thioether (sulfide) groups is 1. The number of amides is 1. The van der Waals surface area contributed by atoms with Crippen LogP contribution in [0.1, 0.15) is 39.5 Å². The molecule has 1 heterocycles. The molecule has 0 saturated heterocycles. The maximum atomic E-state index is 12.4. The van der Waals surface area contributed by atoms with Gasteiger partial charge in [-0.1, -0.05) is 42.9 Å². The molecule has 6 nitrogen and oxygen atoms in total. The second kappa shape index (κ2) is 9.44. The van der Waals surface area contributed by atoms with Crippen LogP contribution in [0.5, 0.6) is 0 Å². The van der Waals surface area contributed by atoms with Crippen LogP contribution >= 0.6 is 23.1 Å². The Morgan fingerprint density at radius 1 is 1.43 bits per heavy atom. The summed E-state index contributed by atoms with van der Waals surface area (Å²) in [4.78, 5) is 12.4. The third-order valence-electron chi connectivity index (χ3n) is 4.07. The Kier molecular flexibility index (Phi) is 7.58. The molecule has 1 aromatic heterocycles. The van der Waals surface area contributed by atoms with Crippen molar-refractivity contribution in [2.45, 2.75) is 55.2 Å². The summed E-state index contributed by atoms with van der Waals surface area (Å²) in [7, 11) is 1.66. The van der Waals surface area contributed by atoms with Crippen LogP contribution in [0.15, 0.2) is 4.34 Å². The van der Waals surface area contributed by atoms with Crippen LogP contribution < -0.4 is 10.6 Å². The highest BCUT2D eigenvalue weighted by Gasteiger charge is 2.25. The Labute approximate surface area is 146 Å². The first-order chi connectivity index (χ1) is 11.1. The number of nitrogens with zero attached hydrogens (tertiary/aromatic N) is 2. The minimum Gasteiger partial charge on any atom is -0.383 e. The van der Waals surface area contributed by atoms with Gasteiger partial charge in [-0.25, -0.2) is 0 Å². The van der Waals surface area contributed by atoms with Gasteiger partial charge in [0.15, 0.2) is 4.34 Å². The second-order valence-corrected chi connectivity index (χ2v) is 8.50. The minimum atomic E-state index is -0.163. The lowest BCUT2D eigenvalue weighted by molar-refractivity contribution is -0.121. The van der Waals surface area contributed by atoms with Gasteiger partial charge in [-0.05, 0) is 25.7 Å². The molecule has 3 unspecified atom stereocenters. The molecule has 2 rings (SSSR count). The molecule has 0 aromatic carbocycles. The van der Waals surface area contributed by atoms with Crippen molar-refractivity contribution >= 4 is 34.1 Å². The number of rotatable bonds is 8. The van der Waals surface area contributed by atoms with Crippen molar-refractivity contribution in [3.63, 3.8) is 0 Å². The predicted molar refractivity (Wildman–Crippen MR) is 95.2 cm³/mol. The first kappa shape index (κ1) is 18.5. The molecule has 3 atom stereocenters. The van der Waals surface area contributed by atoms with Gasteiger partial charge in [-0.2, -0.15) is 0 Å². The zero-order valence-corrected chi connectivity index (χ0v) is 15.6. The van der Waals surface area contributed by atoms with E-state index in [-0.39, 0.29) is 11.2 Å². The van der Waals surface area contributed by atoms with E-state index in [2.05, 4.69) is 27.8 Å². The van der Waals surface area contributed by atoms with Crippen LogP contribution in [0.3, 0.4) is 0 Å². The van der Waals surface area contributed by atoms with Gasteiger partial charge < -0.3 is 15.4 Å². The molecule has 1 amide bonds. The molecule has 23 heavy (non-hydrogen) atoms. The maximum absolute atomic E-state index is 12.4. The highest BCUT2D eigenvalue weighted by atomic mass is 32.2. The summed E-state index contributed by atoms with van der Waals surface area (Å²) in [5.74, 6) is 0.667. The van der Waals surface area contributed by atoms with Gasteiger partial charge in [0.1, 0.15) is 0 Å². The Morgan fingerprint density at radius 3 is 2.96 bits per heavy atom. The van der Waals surface area contributed by atoms with Crippen molar-refractivity contribution < 1.29 is 9.53 Å². The van der Waals surface area contributed by atoms with Gasteiger partial charge in [0.2, 0.25) is 11.0 Å². The smallest absolute Gasteiger partial charge is 0.233 e. The predicted octanol–water partition coefficient (Wildman–Crippen LogP) is 2.77. The number of hydrogen-bond acceptors (Lipinski definition) is 7. The molecular formula is C15H26N4O2S2. The van der Waals surface area contributed by atoms with E-state index in [9.17, 15) is 4.79 Å². The van der Waals surface area contributed by atoms with Crippen molar-refractivity contribution in [3.05, 3.63) is 0 Å². The van der Waals surface area contributed by atoms with Gasteiger partial charge in [0.05, 0.1) is 11.9 Å². The van der Waals surface area contributed by atoms with Crippen LogP contribution in [0.25, 0.3) is 0 Å². The highest BCUT2D eigenvalue weighted by molar-refractivity contribution is 8.02. The topological polar surface area (TPSA) is 76.1 Å². The van der Waals surface area contributed by atoms with E-state index in [1.165, 1.54) is 42.4 Å². The van der Waals surface area contributed by atoms with Crippen molar-refractivity contribution in [2.75, 3.05) is 25.6 Å². The monoisotopic (exact) mass is 358 g/mol. The molecule has 2 N–H and O–H groups in total. The lowest BCUT2D eigenvalue weighted by Gasteiger charge is -2.30. The van der Waals surface area contributed by atoms with Gasteiger partial charge in [-0.15, -0.1) is 10.2 Å².